The minimum atomic E-state index is -0.958. The van der Waals surface area contributed by atoms with E-state index in [-0.39, 0.29) is 18.5 Å². The van der Waals surface area contributed by atoms with Crippen LogP contribution in [0.3, 0.4) is 0 Å². The van der Waals surface area contributed by atoms with Crippen LogP contribution in [-0.4, -0.2) is 39.3 Å². The van der Waals surface area contributed by atoms with Crippen LogP contribution in [0.1, 0.15) is 19.7 Å². The van der Waals surface area contributed by atoms with Crippen molar-refractivity contribution in [3.8, 4) is 0 Å². The third-order valence-corrected chi connectivity index (χ3v) is 3.42. The van der Waals surface area contributed by atoms with E-state index >= 15 is 0 Å². The number of nitrogens with one attached hydrogen (secondary N) is 2. The molecule has 1 aliphatic rings. The van der Waals surface area contributed by atoms with E-state index in [1.165, 1.54) is 7.11 Å². The van der Waals surface area contributed by atoms with Gasteiger partial charge in [0, 0.05) is 7.11 Å². The number of amides is 1. The second kappa shape index (κ2) is 4.61. The number of hydrogen-bond donors (Lipinski definition) is 3. The number of carboxylic acid groups (broad SMARTS) is 1. The molecule has 0 unspecified atom stereocenters. The Labute approximate surface area is 109 Å². The van der Waals surface area contributed by atoms with Gasteiger partial charge in [0.15, 0.2) is 5.82 Å². The molecule has 2 rings (SSSR count). The van der Waals surface area contributed by atoms with Crippen molar-refractivity contribution < 1.29 is 19.4 Å². The van der Waals surface area contributed by atoms with E-state index in [0.717, 1.165) is 0 Å². The zero-order valence-electron chi connectivity index (χ0n) is 10.9. The molecular formula is C11H16N4O4. The third kappa shape index (κ3) is 2.43. The van der Waals surface area contributed by atoms with Crippen LogP contribution in [0.15, 0.2) is 0 Å². The Morgan fingerprint density at radius 1 is 1.47 bits per heavy atom. The molecule has 0 aliphatic heterocycles. The molecule has 0 aromatic carbocycles. The Morgan fingerprint density at radius 3 is 2.68 bits per heavy atom. The zero-order chi connectivity index (χ0) is 14.2. The molecule has 0 radical (unpaired) electrons. The molecule has 1 aliphatic carbocycles. The Morgan fingerprint density at radius 2 is 2.16 bits per heavy atom. The van der Waals surface area contributed by atoms with Gasteiger partial charge in [-0.2, -0.15) is 4.98 Å². The van der Waals surface area contributed by atoms with Crippen LogP contribution < -0.4 is 5.32 Å². The number of aromatic nitrogens is 3. The molecule has 2 atom stereocenters. The normalized spacial score (nSPS) is 23.9. The largest absolute Gasteiger partial charge is 0.481 e. The molecule has 8 heteroatoms. The number of carboxylic acids is 1. The molecule has 19 heavy (non-hydrogen) atoms. The highest BCUT2D eigenvalue weighted by atomic mass is 16.5. The Hall–Kier alpha value is -1.96. The second-order valence-electron chi connectivity index (χ2n) is 5.14. The lowest BCUT2D eigenvalue weighted by Crippen LogP contribution is -2.18. The minimum Gasteiger partial charge on any atom is -0.481 e. The fraction of sp³-hybridized carbons (Fsp3) is 0.636. The molecular weight excluding hydrogens is 252 g/mol. The van der Waals surface area contributed by atoms with Gasteiger partial charge in [-0.05, 0) is 5.41 Å². The Bertz CT molecular complexity index is 511. The average Bonchev–Trinajstić information content (AvgIpc) is 2.65. The second-order valence-corrected chi connectivity index (χ2v) is 5.14. The van der Waals surface area contributed by atoms with Crippen LogP contribution in [-0.2, 0) is 20.9 Å². The number of aromatic amines is 1. The van der Waals surface area contributed by atoms with Gasteiger partial charge in [-0.3, -0.25) is 20.0 Å². The smallest absolute Gasteiger partial charge is 0.307 e. The number of rotatable bonds is 5. The molecule has 1 heterocycles. The van der Waals surface area contributed by atoms with E-state index in [4.69, 9.17) is 9.84 Å². The summed E-state index contributed by atoms with van der Waals surface area (Å²) in [4.78, 5) is 27.0. The predicted octanol–water partition coefficient (Wildman–Crippen LogP) is 0.246. The first kappa shape index (κ1) is 13.5. The molecule has 8 nitrogen and oxygen atoms in total. The van der Waals surface area contributed by atoms with Gasteiger partial charge < -0.3 is 9.84 Å². The summed E-state index contributed by atoms with van der Waals surface area (Å²) in [6, 6.07) is 0. The summed E-state index contributed by atoms with van der Waals surface area (Å²) in [7, 11) is 1.52. The number of carbonyl (C=O) groups is 2. The number of carbonyl (C=O) groups excluding carboxylic acids is 1. The number of ether oxygens (including phenoxy) is 1. The lowest BCUT2D eigenvalue weighted by atomic mass is 10.1. The van der Waals surface area contributed by atoms with E-state index in [2.05, 4.69) is 20.5 Å². The van der Waals surface area contributed by atoms with Gasteiger partial charge in [0.25, 0.3) is 0 Å². The molecule has 104 valence electrons. The van der Waals surface area contributed by atoms with Crippen LogP contribution >= 0.6 is 0 Å². The van der Waals surface area contributed by atoms with Gasteiger partial charge in [-0.15, -0.1) is 5.10 Å². The van der Waals surface area contributed by atoms with Crippen molar-refractivity contribution in [3.63, 3.8) is 0 Å². The maximum absolute atomic E-state index is 12.0. The van der Waals surface area contributed by atoms with Gasteiger partial charge in [0.1, 0.15) is 6.61 Å². The zero-order valence-corrected chi connectivity index (χ0v) is 10.9. The molecule has 1 aromatic rings. The molecule has 1 saturated carbocycles. The highest BCUT2D eigenvalue weighted by molar-refractivity contribution is 5.98. The van der Waals surface area contributed by atoms with E-state index in [1.807, 2.05) is 0 Å². The summed E-state index contributed by atoms with van der Waals surface area (Å²) < 4.78 is 4.86. The molecule has 3 N–H and O–H groups in total. The molecule has 0 bridgehead atoms. The first-order valence-electron chi connectivity index (χ1n) is 5.81. The van der Waals surface area contributed by atoms with Crippen molar-refractivity contribution in [1.82, 2.24) is 15.2 Å². The minimum absolute atomic E-state index is 0.129. The number of methoxy groups -OCH3 is 1. The summed E-state index contributed by atoms with van der Waals surface area (Å²) in [5.74, 6) is -1.94. The maximum atomic E-state index is 12.0. The summed E-state index contributed by atoms with van der Waals surface area (Å²) >= 11 is 0. The van der Waals surface area contributed by atoms with E-state index in [1.54, 1.807) is 13.8 Å². The van der Waals surface area contributed by atoms with Gasteiger partial charge in [0.2, 0.25) is 11.9 Å². The number of aliphatic carboxylic acids is 1. The Kier molecular flexibility index (Phi) is 3.27. The highest BCUT2D eigenvalue weighted by Crippen LogP contribution is 2.58. The van der Waals surface area contributed by atoms with E-state index in [0.29, 0.717) is 5.82 Å². The fourth-order valence-electron chi connectivity index (χ4n) is 2.33. The number of hydrogen-bond acceptors (Lipinski definition) is 5. The molecule has 0 saturated heterocycles. The van der Waals surface area contributed by atoms with Crippen LogP contribution in [0.4, 0.5) is 5.95 Å². The molecule has 1 amide bonds. The summed E-state index contributed by atoms with van der Waals surface area (Å²) in [6.07, 6.45) is 0. The van der Waals surface area contributed by atoms with Crippen molar-refractivity contribution in [2.24, 2.45) is 17.3 Å². The maximum Gasteiger partial charge on any atom is 0.307 e. The summed E-state index contributed by atoms with van der Waals surface area (Å²) in [5.41, 5.74) is -0.540. The van der Waals surface area contributed by atoms with Gasteiger partial charge >= 0.3 is 5.97 Å². The Balaban J connectivity index is 2.00. The van der Waals surface area contributed by atoms with E-state index in [9.17, 15) is 9.59 Å². The van der Waals surface area contributed by atoms with Crippen LogP contribution in [0.2, 0.25) is 0 Å². The SMILES string of the molecule is COCc1nc(NC(=O)[C@@H]2[C@@H](C(=O)O)C2(C)C)n[nH]1. The highest BCUT2D eigenvalue weighted by Gasteiger charge is 2.66. The van der Waals surface area contributed by atoms with Crippen molar-refractivity contribution in [1.29, 1.82) is 0 Å². The third-order valence-electron chi connectivity index (χ3n) is 3.42. The topological polar surface area (TPSA) is 117 Å². The van der Waals surface area contributed by atoms with Crippen LogP contribution in [0, 0.1) is 17.3 Å². The summed E-state index contributed by atoms with van der Waals surface area (Å²) in [6.45, 7) is 3.77. The number of anilines is 1. The molecule has 1 aromatic heterocycles. The van der Waals surface area contributed by atoms with Gasteiger partial charge in [0.05, 0.1) is 11.8 Å². The first-order valence-corrected chi connectivity index (χ1v) is 5.81. The summed E-state index contributed by atoms with van der Waals surface area (Å²) in [5, 5.41) is 17.9. The first-order chi connectivity index (χ1) is 8.87. The van der Waals surface area contributed by atoms with Crippen molar-refractivity contribution >= 4 is 17.8 Å². The van der Waals surface area contributed by atoms with Crippen molar-refractivity contribution in [2.75, 3.05) is 12.4 Å². The van der Waals surface area contributed by atoms with E-state index < -0.39 is 23.2 Å². The predicted molar refractivity (Wildman–Crippen MR) is 64.1 cm³/mol. The van der Waals surface area contributed by atoms with Crippen molar-refractivity contribution in [3.05, 3.63) is 5.82 Å². The van der Waals surface area contributed by atoms with Crippen LogP contribution in [0.25, 0.3) is 0 Å². The molecule has 0 spiro atoms. The number of nitrogens with zero attached hydrogens (tertiary/aromatic N) is 2. The van der Waals surface area contributed by atoms with Crippen LogP contribution in [0.5, 0.6) is 0 Å². The lowest BCUT2D eigenvalue weighted by molar-refractivity contribution is -0.140. The molecule has 1 fully saturated rings. The fourth-order valence-corrected chi connectivity index (χ4v) is 2.33. The standard InChI is InChI=1S/C11H16N4O4/c1-11(2)6(7(11)9(17)18)8(16)13-10-12-5(4-19-3)14-15-10/h6-7H,4H2,1-3H3,(H,17,18)(H2,12,13,14,15,16)/t6-,7-/m0/s1. The monoisotopic (exact) mass is 268 g/mol. The quantitative estimate of drug-likeness (QED) is 0.704. The van der Waals surface area contributed by atoms with Crippen molar-refractivity contribution in [2.45, 2.75) is 20.5 Å². The lowest BCUT2D eigenvalue weighted by Gasteiger charge is -2.01. The average molecular weight is 268 g/mol. The van der Waals surface area contributed by atoms with Gasteiger partial charge in [-0.25, -0.2) is 0 Å². The number of H-pyrrole nitrogens is 1. The van der Waals surface area contributed by atoms with Gasteiger partial charge in [-0.1, -0.05) is 13.8 Å².